The van der Waals surface area contributed by atoms with Crippen LogP contribution in [0.1, 0.15) is 13.3 Å². The van der Waals surface area contributed by atoms with E-state index in [0.29, 0.717) is 6.42 Å². The van der Waals surface area contributed by atoms with Crippen molar-refractivity contribution in [3.63, 3.8) is 0 Å². The van der Waals surface area contributed by atoms with Crippen molar-refractivity contribution < 1.29 is 16.8 Å². The molecule has 0 aromatic heterocycles. The summed E-state index contributed by atoms with van der Waals surface area (Å²) in [5, 5.41) is -0.553. The Hall–Kier alpha value is 0.150. The Morgan fingerprint density at radius 1 is 1.50 bits per heavy atom. The monoisotopic (exact) mass is 261 g/mol. The molecule has 5 nitrogen and oxygen atoms in total. The Labute approximate surface area is 88.8 Å². The molecule has 1 saturated heterocycles. The summed E-state index contributed by atoms with van der Waals surface area (Å²) in [7, 11) is -6.67. The van der Waals surface area contributed by atoms with E-state index in [1.807, 2.05) is 0 Å². The van der Waals surface area contributed by atoms with Gasteiger partial charge < -0.3 is 0 Å². The van der Waals surface area contributed by atoms with Crippen molar-refractivity contribution >= 4 is 31.5 Å². The van der Waals surface area contributed by atoms with E-state index in [0.717, 1.165) is 0 Å². The van der Waals surface area contributed by atoms with Crippen molar-refractivity contribution in [1.82, 2.24) is 4.72 Å². The molecule has 0 saturated carbocycles. The van der Waals surface area contributed by atoms with Crippen LogP contribution in [0.3, 0.4) is 0 Å². The Kier molecular flexibility index (Phi) is 3.16. The number of sulfone groups is 1. The van der Waals surface area contributed by atoms with Crippen molar-refractivity contribution in [3.8, 4) is 0 Å². The van der Waals surface area contributed by atoms with Gasteiger partial charge in [0.25, 0.3) is 0 Å². The largest absolute Gasteiger partial charge is 0.229 e. The minimum absolute atomic E-state index is 0.0221. The Balaban J connectivity index is 2.81. The maximum absolute atomic E-state index is 11.2. The van der Waals surface area contributed by atoms with Gasteiger partial charge in [0.2, 0.25) is 10.0 Å². The molecule has 0 aromatic carbocycles. The molecule has 0 spiro atoms. The summed E-state index contributed by atoms with van der Waals surface area (Å²) < 4.78 is 46.9. The van der Waals surface area contributed by atoms with Gasteiger partial charge in [-0.25, -0.2) is 21.6 Å². The minimum atomic E-state index is -3.56. The van der Waals surface area contributed by atoms with Gasteiger partial charge >= 0.3 is 0 Å². The molecule has 1 unspecified atom stereocenters. The third-order valence-corrected chi connectivity index (χ3v) is 5.90. The Morgan fingerprint density at radius 2 is 2.07 bits per heavy atom. The number of alkyl halides is 1. The van der Waals surface area contributed by atoms with Crippen molar-refractivity contribution in [1.29, 1.82) is 0 Å². The lowest BCUT2D eigenvalue weighted by molar-refractivity contribution is 0.463. The van der Waals surface area contributed by atoms with Crippen molar-refractivity contribution in [2.45, 2.75) is 18.9 Å². The number of hydrogen-bond donors (Lipinski definition) is 1. The quantitative estimate of drug-likeness (QED) is 0.706. The van der Waals surface area contributed by atoms with Crippen molar-refractivity contribution in [2.24, 2.45) is 0 Å². The summed E-state index contributed by atoms with van der Waals surface area (Å²) in [5.74, 6) is -0.134. The highest BCUT2D eigenvalue weighted by Gasteiger charge is 2.40. The van der Waals surface area contributed by atoms with Crippen LogP contribution in [0.15, 0.2) is 0 Å². The van der Waals surface area contributed by atoms with Crippen LogP contribution in [-0.2, 0) is 19.9 Å². The van der Waals surface area contributed by atoms with E-state index >= 15 is 0 Å². The average Bonchev–Trinajstić information content (AvgIpc) is 2.24. The molecule has 0 amide bonds. The first-order valence-corrected chi connectivity index (χ1v) is 7.97. The van der Waals surface area contributed by atoms with Crippen LogP contribution < -0.4 is 4.72 Å². The van der Waals surface area contributed by atoms with E-state index in [9.17, 15) is 16.8 Å². The summed E-state index contributed by atoms with van der Waals surface area (Å²) in [6, 6.07) is 0. The molecule has 1 fully saturated rings. The maximum Gasteiger partial charge on any atom is 0.226 e. The Bertz CT molecular complexity index is 415. The summed E-state index contributed by atoms with van der Waals surface area (Å²) >= 11 is 5.20. The minimum Gasteiger partial charge on any atom is -0.229 e. The molecule has 1 heterocycles. The van der Waals surface area contributed by atoms with E-state index < -0.39 is 30.6 Å². The molecule has 84 valence electrons. The van der Waals surface area contributed by atoms with Crippen LogP contribution in [-0.4, -0.2) is 39.1 Å². The van der Waals surface area contributed by atoms with Crippen LogP contribution in [0.2, 0.25) is 0 Å². The molecule has 0 aromatic rings. The van der Waals surface area contributed by atoms with Gasteiger partial charge in [-0.3, -0.25) is 0 Å². The van der Waals surface area contributed by atoms with Crippen LogP contribution in [0.4, 0.5) is 0 Å². The molecule has 0 aliphatic carbocycles. The molecular weight excluding hydrogens is 250 g/mol. The van der Waals surface area contributed by atoms with E-state index in [1.165, 1.54) is 0 Å². The van der Waals surface area contributed by atoms with E-state index in [1.54, 1.807) is 6.92 Å². The van der Waals surface area contributed by atoms with Gasteiger partial charge in [0.1, 0.15) is 5.21 Å². The zero-order valence-corrected chi connectivity index (χ0v) is 10.0. The van der Waals surface area contributed by atoms with E-state index in [-0.39, 0.29) is 11.5 Å². The third-order valence-electron chi connectivity index (χ3n) is 2.05. The molecule has 1 N–H and O–H groups in total. The zero-order chi connectivity index (χ0) is 11.0. The summed E-state index contributed by atoms with van der Waals surface area (Å²) in [6.07, 6.45) is 0.297. The molecule has 1 rings (SSSR count). The molecule has 1 aliphatic heterocycles. The van der Waals surface area contributed by atoms with Gasteiger partial charge in [-0.2, -0.15) is 0 Å². The second kappa shape index (κ2) is 3.62. The van der Waals surface area contributed by atoms with Gasteiger partial charge in [0, 0.05) is 5.54 Å². The van der Waals surface area contributed by atoms with Gasteiger partial charge in [0.15, 0.2) is 9.84 Å². The van der Waals surface area contributed by atoms with Crippen molar-refractivity contribution in [2.75, 3.05) is 16.7 Å². The third kappa shape index (κ3) is 3.08. The number of halogens is 1. The molecule has 1 aliphatic rings. The fourth-order valence-corrected chi connectivity index (χ4v) is 4.82. The first kappa shape index (κ1) is 12.2. The second-order valence-electron chi connectivity index (χ2n) is 3.73. The number of nitrogens with one attached hydrogen (secondary N) is 1. The maximum atomic E-state index is 11.2. The van der Waals surface area contributed by atoms with Gasteiger partial charge in [-0.15, -0.1) is 11.6 Å². The van der Waals surface area contributed by atoms with Crippen LogP contribution in [0.25, 0.3) is 0 Å². The lowest BCUT2D eigenvalue weighted by Crippen LogP contribution is -2.47. The summed E-state index contributed by atoms with van der Waals surface area (Å²) in [4.78, 5) is 0. The second-order valence-corrected chi connectivity index (χ2v) is 8.22. The number of sulfonamides is 1. The standard InChI is InChI=1S/C6H12ClNO4S2/c1-6(8-14(11,12)5-7)2-3-13(9,10)4-6/h8H,2-5H2,1H3. The normalized spacial score (nSPS) is 31.9. The SMILES string of the molecule is CC1(NS(=O)(=O)CCl)CCS(=O)(=O)C1. The first-order chi connectivity index (χ1) is 6.18. The molecule has 8 heteroatoms. The first-order valence-electron chi connectivity index (χ1n) is 3.96. The summed E-state index contributed by atoms with van der Waals surface area (Å²) in [5.41, 5.74) is -0.896. The molecule has 0 radical (unpaired) electrons. The summed E-state index contributed by atoms with van der Waals surface area (Å²) in [6.45, 7) is 1.57. The topological polar surface area (TPSA) is 80.3 Å². The molecule has 1 atom stereocenters. The average molecular weight is 262 g/mol. The number of rotatable bonds is 3. The van der Waals surface area contributed by atoms with Gasteiger partial charge in [-0.05, 0) is 13.3 Å². The van der Waals surface area contributed by atoms with Gasteiger partial charge in [0.05, 0.1) is 11.5 Å². The predicted molar refractivity (Wildman–Crippen MR) is 54.5 cm³/mol. The van der Waals surface area contributed by atoms with E-state index in [2.05, 4.69) is 4.72 Å². The molecule has 0 bridgehead atoms. The van der Waals surface area contributed by atoms with E-state index in [4.69, 9.17) is 11.6 Å². The van der Waals surface area contributed by atoms with Crippen LogP contribution in [0, 0.1) is 0 Å². The molecular formula is C6H12ClNO4S2. The highest BCUT2D eigenvalue weighted by molar-refractivity contribution is 7.92. The fraction of sp³-hybridized carbons (Fsp3) is 1.00. The number of hydrogen-bond acceptors (Lipinski definition) is 4. The Morgan fingerprint density at radius 3 is 2.43 bits per heavy atom. The lowest BCUT2D eigenvalue weighted by Gasteiger charge is -2.22. The van der Waals surface area contributed by atoms with Crippen molar-refractivity contribution in [3.05, 3.63) is 0 Å². The zero-order valence-electron chi connectivity index (χ0n) is 7.66. The lowest BCUT2D eigenvalue weighted by atomic mass is 10.0. The highest BCUT2D eigenvalue weighted by Crippen LogP contribution is 2.23. The fourth-order valence-electron chi connectivity index (χ4n) is 1.49. The highest BCUT2D eigenvalue weighted by atomic mass is 35.5. The van der Waals surface area contributed by atoms with Gasteiger partial charge in [-0.1, -0.05) is 0 Å². The van der Waals surface area contributed by atoms with Crippen LogP contribution >= 0.6 is 11.6 Å². The predicted octanol–water partition coefficient (Wildman–Crippen LogP) is -0.321. The molecule has 14 heavy (non-hydrogen) atoms. The smallest absolute Gasteiger partial charge is 0.226 e. The van der Waals surface area contributed by atoms with Crippen LogP contribution in [0.5, 0.6) is 0 Å².